The van der Waals surface area contributed by atoms with E-state index >= 15 is 0 Å². The van der Waals surface area contributed by atoms with Gasteiger partial charge in [0.05, 0.1) is 29.4 Å². The van der Waals surface area contributed by atoms with Gasteiger partial charge in [-0.2, -0.15) is 10.2 Å². The van der Waals surface area contributed by atoms with Crippen LogP contribution in [-0.2, 0) is 21.7 Å². The van der Waals surface area contributed by atoms with Crippen molar-refractivity contribution in [3.8, 4) is 0 Å². The lowest BCUT2D eigenvalue weighted by Crippen LogP contribution is -2.26. The number of nitrogens with zero attached hydrogens (tertiary/aromatic N) is 4. The number of sulfone groups is 1. The van der Waals surface area contributed by atoms with Crippen LogP contribution in [0.25, 0.3) is 0 Å². The van der Waals surface area contributed by atoms with E-state index in [0.717, 1.165) is 16.8 Å². The lowest BCUT2D eigenvalue weighted by atomic mass is 9.87. The van der Waals surface area contributed by atoms with Crippen LogP contribution >= 0.6 is 0 Å². The van der Waals surface area contributed by atoms with E-state index in [-0.39, 0.29) is 29.4 Å². The number of aryl methyl sites for hydroxylation is 2. The molecule has 0 spiro atoms. The lowest BCUT2D eigenvalue weighted by molar-refractivity contribution is -0.116. The molecule has 1 fully saturated rings. The molecule has 0 radical (unpaired) electrons. The van der Waals surface area contributed by atoms with Gasteiger partial charge in [-0.1, -0.05) is 0 Å². The summed E-state index contributed by atoms with van der Waals surface area (Å²) in [6, 6.07) is -0.217. The van der Waals surface area contributed by atoms with E-state index < -0.39 is 9.84 Å². The van der Waals surface area contributed by atoms with Crippen LogP contribution < -0.4 is 5.32 Å². The number of aromatic nitrogens is 4. The van der Waals surface area contributed by atoms with Crippen LogP contribution in [-0.4, -0.2) is 45.4 Å². The first-order chi connectivity index (χ1) is 11.3. The second kappa shape index (κ2) is 5.17. The van der Waals surface area contributed by atoms with Crippen LogP contribution in [0.4, 0.5) is 5.82 Å². The summed E-state index contributed by atoms with van der Waals surface area (Å²) in [7, 11) is -1.18. The highest BCUT2D eigenvalue weighted by molar-refractivity contribution is 7.91. The van der Waals surface area contributed by atoms with E-state index in [2.05, 4.69) is 15.5 Å². The summed E-state index contributed by atoms with van der Waals surface area (Å²) < 4.78 is 27.0. The zero-order chi connectivity index (χ0) is 17.1. The number of rotatable bonds is 2. The number of hydrogen-bond acceptors (Lipinski definition) is 5. The maximum Gasteiger partial charge on any atom is 0.226 e. The summed E-state index contributed by atoms with van der Waals surface area (Å²) >= 11 is 0. The summed E-state index contributed by atoms with van der Waals surface area (Å²) in [4.78, 5) is 12.2. The van der Waals surface area contributed by atoms with E-state index in [1.807, 2.05) is 20.2 Å². The average molecular weight is 349 g/mol. The summed E-state index contributed by atoms with van der Waals surface area (Å²) in [6.07, 6.45) is 4.55. The molecule has 1 saturated heterocycles. The van der Waals surface area contributed by atoms with Crippen molar-refractivity contribution in [3.05, 3.63) is 29.2 Å². The van der Waals surface area contributed by atoms with Crippen LogP contribution in [0.15, 0.2) is 12.4 Å². The lowest BCUT2D eigenvalue weighted by Gasteiger charge is -2.24. The van der Waals surface area contributed by atoms with Gasteiger partial charge in [0, 0.05) is 31.1 Å². The van der Waals surface area contributed by atoms with Crippen molar-refractivity contribution < 1.29 is 13.2 Å². The zero-order valence-electron chi connectivity index (χ0n) is 13.6. The maximum absolute atomic E-state index is 12.2. The van der Waals surface area contributed by atoms with Crippen LogP contribution in [0, 0.1) is 6.92 Å². The molecule has 2 atom stereocenters. The number of anilines is 1. The SMILES string of the molecule is Cc1nn([C@@H]2CCS(=O)(=O)C2)c2c1[C@@H](c1cnn(C)c1)CC(=O)N2. The average Bonchev–Trinajstić information content (AvgIpc) is 3.17. The molecule has 24 heavy (non-hydrogen) atoms. The molecule has 9 heteroatoms. The topological polar surface area (TPSA) is 98.9 Å². The molecule has 2 aliphatic rings. The Morgan fingerprint density at radius 2 is 2.17 bits per heavy atom. The Bertz CT molecular complexity index is 927. The molecule has 0 aromatic carbocycles. The van der Waals surface area contributed by atoms with Crippen molar-refractivity contribution in [2.45, 2.75) is 31.7 Å². The minimum absolute atomic E-state index is 0.0774. The molecule has 1 amide bonds. The van der Waals surface area contributed by atoms with Gasteiger partial charge in [0.25, 0.3) is 0 Å². The Morgan fingerprint density at radius 3 is 2.79 bits per heavy atom. The Morgan fingerprint density at radius 1 is 1.38 bits per heavy atom. The molecule has 0 unspecified atom stereocenters. The van der Waals surface area contributed by atoms with Gasteiger partial charge >= 0.3 is 0 Å². The van der Waals surface area contributed by atoms with Crippen molar-refractivity contribution >= 4 is 21.6 Å². The number of fused-ring (bicyclic) bond motifs is 1. The third kappa shape index (κ3) is 2.43. The van der Waals surface area contributed by atoms with Gasteiger partial charge in [-0.25, -0.2) is 13.1 Å². The van der Waals surface area contributed by atoms with Gasteiger partial charge in [0.15, 0.2) is 9.84 Å². The van der Waals surface area contributed by atoms with Crippen molar-refractivity contribution in [2.75, 3.05) is 16.8 Å². The monoisotopic (exact) mass is 349 g/mol. The van der Waals surface area contributed by atoms with Crippen LogP contribution in [0.5, 0.6) is 0 Å². The number of hydrogen-bond donors (Lipinski definition) is 1. The standard InChI is InChI=1S/C15H19N5O3S/c1-9-14-12(10-6-16-19(2)7-10)5-13(21)17-15(14)20(18-9)11-3-4-24(22,23)8-11/h6-7,11-12H,3-5,8H2,1-2H3,(H,17,21)/t11-,12-/m1/s1. The van der Waals surface area contributed by atoms with E-state index in [4.69, 9.17) is 0 Å². The number of carbonyl (C=O) groups is 1. The Balaban J connectivity index is 1.80. The van der Waals surface area contributed by atoms with Gasteiger partial charge in [0.2, 0.25) is 5.91 Å². The minimum atomic E-state index is -3.02. The molecule has 0 aliphatic carbocycles. The van der Waals surface area contributed by atoms with Gasteiger partial charge in [-0.15, -0.1) is 0 Å². The molecule has 8 nitrogen and oxygen atoms in total. The first kappa shape index (κ1) is 15.4. The summed E-state index contributed by atoms with van der Waals surface area (Å²) in [6.45, 7) is 1.90. The Labute approximate surface area is 139 Å². The molecule has 2 aromatic heterocycles. The molecule has 4 rings (SSSR count). The third-order valence-corrected chi connectivity index (χ3v) is 6.56. The van der Waals surface area contributed by atoms with E-state index in [9.17, 15) is 13.2 Å². The second-order valence-electron chi connectivity index (χ2n) is 6.60. The van der Waals surface area contributed by atoms with E-state index in [1.54, 1.807) is 15.6 Å². The molecule has 2 aliphatic heterocycles. The number of amides is 1. The maximum atomic E-state index is 12.2. The molecule has 0 saturated carbocycles. The smallest absolute Gasteiger partial charge is 0.226 e. The minimum Gasteiger partial charge on any atom is -0.311 e. The van der Waals surface area contributed by atoms with Crippen molar-refractivity contribution in [3.63, 3.8) is 0 Å². The predicted molar refractivity (Wildman–Crippen MR) is 87.6 cm³/mol. The molecule has 1 N–H and O–H groups in total. The van der Waals surface area contributed by atoms with Gasteiger partial charge in [-0.3, -0.25) is 9.48 Å². The summed E-state index contributed by atoms with van der Waals surface area (Å²) in [5, 5.41) is 11.7. The Kier molecular flexibility index (Phi) is 3.31. The second-order valence-corrected chi connectivity index (χ2v) is 8.83. The molecular formula is C15H19N5O3S. The summed E-state index contributed by atoms with van der Waals surface area (Å²) in [5.74, 6) is 0.700. The molecule has 0 bridgehead atoms. The third-order valence-electron chi connectivity index (χ3n) is 4.81. The highest BCUT2D eigenvalue weighted by Crippen LogP contribution is 2.41. The zero-order valence-corrected chi connectivity index (χ0v) is 14.4. The van der Waals surface area contributed by atoms with E-state index in [1.165, 1.54) is 0 Å². The van der Waals surface area contributed by atoms with Crippen LogP contribution in [0.2, 0.25) is 0 Å². The summed E-state index contributed by atoms with van der Waals surface area (Å²) in [5.41, 5.74) is 2.75. The number of nitrogens with one attached hydrogen (secondary N) is 1. The fraction of sp³-hybridized carbons (Fsp3) is 0.533. The van der Waals surface area contributed by atoms with Gasteiger partial charge in [0.1, 0.15) is 5.82 Å². The first-order valence-corrected chi connectivity index (χ1v) is 9.74. The van der Waals surface area contributed by atoms with Gasteiger partial charge in [-0.05, 0) is 18.9 Å². The fourth-order valence-corrected chi connectivity index (χ4v) is 5.40. The normalized spacial score (nSPS) is 25.5. The molecule has 2 aromatic rings. The van der Waals surface area contributed by atoms with Crippen molar-refractivity contribution in [2.24, 2.45) is 7.05 Å². The van der Waals surface area contributed by atoms with Crippen LogP contribution in [0.3, 0.4) is 0 Å². The largest absolute Gasteiger partial charge is 0.311 e. The Hall–Kier alpha value is -2.16. The predicted octanol–water partition coefficient (Wildman–Crippen LogP) is 0.759. The van der Waals surface area contributed by atoms with Crippen molar-refractivity contribution in [1.82, 2.24) is 19.6 Å². The molecule has 4 heterocycles. The van der Waals surface area contributed by atoms with Crippen molar-refractivity contribution in [1.29, 1.82) is 0 Å². The molecular weight excluding hydrogens is 330 g/mol. The molecule has 128 valence electrons. The number of carbonyl (C=O) groups excluding carboxylic acids is 1. The quantitative estimate of drug-likeness (QED) is 0.863. The highest BCUT2D eigenvalue weighted by Gasteiger charge is 2.37. The van der Waals surface area contributed by atoms with Gasteiger partial charge < -0.3 is 5.32 Å². The highest BCUT2D eigenvalue weighted by atomic mass is 32.2. The van der Waals surface area contributed by atoms with E-state index in [0.29, 0.717) is 18.7 Å². The first-order valence-electron chi connectivity index (χ1n) is 7.92. The van der Waals surface area contributed by atoms with Crippen LogP contribution in [0.1, 0.15) is 41.6 Å². The fourth-order valence-electron chi connectivity index (χ4n) is 3.71.